The predicted molar refractivity (Wildman–Crippen MR) is 51.4 cm³/mol. The van der Waals surface area contributed by atoms with Gasteiger partial charge < -0.3 is 4.98 Å². The van der Waals surface area contributed by atoms with E-state index in [0.29, 0.717) is 4.57 Å². The molecule has 0 amide bonds. The summed E-state index contributed by atoms with van der Waals surface area (Å²) < 4.78 is 37.2. The van der Waals surface area contributed by atoms with Gasteiger partial charge in [-0.15, -0.1) is 0 Å². The molecule has 2 aromatic heterocycles. The predicted octanol–water partition coefficient (Wildman–Crippen LogP) is 1.94. The number of pyridine rings is 1. The van der Waals surface area contributed by atoms with Gasteiger partial charge in [-0.3, -0.25) is 9.55 Å². The maximum Gasteiger partial charge on any atom is 0.406 e. The Labute approximate surface area is 91.7 Å². The molecular weight excluding hydrogens is 247 g/mol. The number of hydrogen-bond acceptors (Lipinski definition) is 2. The third-order valence-electron chi connectivity index (χ3n) is 1.97. The van der Waals surface area contributed by atoms with Crippen molar-refractivity contribution >= 4 is 22.6 Å². The number of alkyl halides is 3. The molecular formula is C8H5ClF3N3O. The summed E-state index contributed by atoms with van der Waals surface area (Å²) >= 11 is 5.69. The van der Waals surface area contributed by atoms with Gasteiger partial charge in [0.25, 0.3) is 0 Å². The van der Waals surface area contributed by atoms with Crippen LogP contribution in [-0.2, 0) is 6.54 Å². The molecule has 0 saturated heterocycles. The van der Waals surface area contributed by atoms with Gasteiger partial charge in [0.15, 0.2) is 0 Å². The number of aromatic amines is 1. The Balaban J connectivity index is 2.69. The lowest BCUT2D eigenvalue weighted by molar-refractivity contribution is -0.140. The summed E-state index contributed by atoms with van der Waals surface area (Å²) in [7, 11) is 0. The van der Waals surface area contributed by atoms with Gasteiger partial charge >= 0.3 is 11.9 Å². The number of nitrogens with zero attached hydrogens (tertiary/aromatic N) is 2. The molecule has 1 N–H and O–H groups in total. The number of aromatic nitrogens is 3. The molecule has 2 rings (SSSR count). The molecule has 16 heavy (non-hydrogen) atoms. The number of fused-ring (bicyclic) bond motifs is 1. The molecule has 8 heteroatoms. The van der Waals surface area contributed by atoms with E-state index in [9.17, 15) is 18.0 Å². The van der Waals surface area contributed by atoms with Crippen molar-refractivity contribution < 1.29 is 13.2 Å². The Hall–Kier alpha value is -1.50. The molecule has 2 aromatic rings. The van der Waals surface area contributed by atoms with Crippen molar-refractivity contribution in [2.75, 3.05) is 0 Å². The molecule has 2 heterocycles. The zero-order valence-electron chi connectivity index (χ0n) is 7.68. The number of imidazole rings is 1. The van der Waals surface area contributed by atoms with Gasteiger partial charge in [-0.25, -0.2) is 4.79 Å². The van der Waals surface area contributed by atoms with Crippen LogP contribution in [0.15, 0.2) is 17.2 Å². The van der Waals surface area contributed by atoms with Crippen LogP contribution in [0.3, 0.4) is 0 Å². The molecule has 0 aliphatic heterocycles. The first-order valence-corrected chi connectivity index (χ1v) is 4.55. The first-order valence-electron chi connectivity index (χ1n) is 4.17. The van der Waals surface area contributed by atoms with Gasteiger partial charge in [0.05, 0.1) is 22.3 Å². The van der Waals surface area contributed by atoms with E-state index >= 15 is 0 Å². The van der Waals surface area contributed by atoms with Gasteiger partial charge in [0.2, 0.25) is 0 Å². The van der Waals surface area contributed by atoms with E-state index in [2.05, 4.69) is 9.97 Å². The number of nitrogens with one attached hydrogen (secondary N) is 1. The summed E-state index contributed by atoms with van der Waals surface area (Å²) in [4.78, 5) is 17.2. The average Bonchev–Trinajstić information content (AvgIpc) is 2.42. The minimum Gasteiger partial charge on any atom is -0.304 e. The molecule has 86 valence electrons. The standard InChI is InChI=1S/C8H5ClF3N3O/c9-4-1-13-2-5-6(4)15(7(16)14-5)3-8(10,11)12/h1-2H,3H2,(H,14,16). The van der Waals surface area contributed by atoms with Crippen molar-refractivity contribution in [3.8, 4) is 0 Å². The lowest BCUT2D eigenvalue weighted by Gasteiger charge is -2.07. The Kier molecular flexibility index (Phi) is 2.42. The van der Waals surface area contributed by atoms with Crippen LogP contribution in [-0.4, -0.2) is 20.7 Å². The molecule has 0 aromatic carbocycles. The largest absolute Gasteiger partial charge is 0.406 e. The number of hydrogen-bond donors (Lipinski definition) is 1. The van der Waals surface area contributed by atoms with E-state index in [1.165, 1.54) is 12.4 Å². The molecule has 0 aliphatic carbocycles. The highest BCUT2D eigenvalue weighted by Crippen LogP contribution is 2.23. The topological polar surface area (TPSA) is 50.7 Å². The minimum absolute atomic E-state index is 0.0000926. The van der Waals surface area contributed by atoms with Gasteiger partial charge in [-0.2, -0.15) is 13.2 Å². The first-order chi connectivity index (χ1) is 7.38. The second kappa shape index (κ2) is 3.51. The van der Waals surface area contributed by atoms with E-state index in [0.717, 1.165) is 0 Å². The minimum atomic E-state index is -4.48. The van der Waals surface area contributed by atoms with Crippen LogP contribution in [0.1, 0.15) is 0 Å². The van der Waals surface area contributed by atoms with Gasteiger partial charge in [-0.05, 0) is 0 Å². The highest BCUT2D eigenvalue weighted by molar-refractivity contribution is 6.34. The van der Waals surface area contributed by atoms with Gasteiger partial charge in [0, 0.05) is 6.20 Å². The van der Waals surface area contributed by atoms with Crippen molar-refractivity contribution in [3.05, 3.63) is 27.9 Å². The van der Waals surface area contributed by atoms with E-state index < -0.39 is 18.4 Å². The SMILES string of the molecule is O=c1[nH]c2cncc(Cl)c2n1CC(F)(F)F. The van der Waals surface area contributed by atoms with Crippen LogP contribution in [0.25, 0.3) is 11.0 Å². The molecule has 0 bridgehead atoms. The quantitative estimate of drug-likeness (QED) is 0.842. The second-order valence-electron chi connectivity index (χ2n) is 3.15. The maximum absolute atomic E-state index is 12.2. The van der Waals surface area contributed by atoms with Crippen LogP contribution in [0.4, 0.5) is 13.2 Å². The molecule has 0 spiro atoms. The molecule has 0 atom stereocenters. The summed E-state index contributed by atoms with van der Waals surface area (Å²) in [5.41, 5.74) is -0.664. The van der Waals surface area contributed by atoms with Crippen LogP contribution in [0, 0.1) is 0 Å². The lowest BCUT2D eigenvalue weighted by Crippen LogP contribution is -2.26. The molecule has 4 nitrogen and oxygen atoms in total. The van der Waals surface area contributed by atoms with Crippen LogP contribution in [0.2, 0.25) is 5.02 Å². The maximum atomic E-state index is 12.2. The van der Waals surface area contributed by atoms with Crippen LogP contribution in [0.5, 0.6) is 0 Å². The molecule has 0 aliphatic rings. The zero-order chi connectivity index (χ0) is 11.9. The summed E-state index contributed by atoms with van der Waals surface area (Å²) in [5, 5.41) is 0.0000926. The molecule has 0 unspecified atom stereocenters. The Bertz CT molecular complexity index is 586. The van der Waals surface area contributed by atoms with E-state index in [1.807, 2.05) is 0 Å². The van der Waals surface area contributed by atoms with Crippen molar-refractivity contribution in [3.63, 3.8) is 0 Å². The normalized spacial score (nSPS) is 12.2. The van der Waals surface area contributed by atoms with Gasteiger partial charge in [-0.1, -0.05) is 11.6 Å². The molecule has 0 saturated carbocycles. The van der Waals surface area contributed by atoms with Crippen molar-refractivity contribution in [2.45, 2.75) is 12.7 Å². The van der Waals surface area contributed by atoms with Crippen molar-refractivity contribution in [1.82, 2.24) is 14.5 Å². The Morgan fingerprint density at radius 2 is 2.12 bits per heavy atom. The van der Waals surface area contributed by atoms with E-state index in [-0.39, 0.29) is 16.1 Å². The monoisotopic (exact) mass is 251 g/mol. The second-order valence-corrected chi connectivity index (χ2v) is 3.56. The summed E-state index contributed by atoms with van der Waals surface area (Å²) in [6.07, 6.45) is -2.05. The number of rotatable bonds is 1. The third-order valence-corrected chi connectivity index (χ3v) is 2.24. The lowest BCUT2D eigenvalue weighted by atomic mass is 10.4. The molecule has 0 fully saturated rings. The number of H-pyrrole nitrogens is 1. The van der Waals surface area contributed by atoms with E-state index in [1.54, 1.807) is 0 Å². The van der Waals surface area contributed by atoms with Crippen molar-refractivity contribution in [1.29, 1.82) is 0 Å². The zero-order valence-corrected chi connectivity index (χ0v) is 8.43. The fourth-order valence-electron chi connectivity index (χ4n) is 1.41. The van der Waals surface area contributed by atoms with Crippen LogP contribution < -0.4 is 5.69 Å². The fourth-order valence-corrected chi connectivity index (χ4v) is 1.67. The first kappa shape index (κ1) is 11.0. The smallest absolute Gasteiger partial charge is 0.304 e. The van der Waals surface area contributed by atoms with Gasteiger partial charge in [0.1, 0.15) is 6.54 Å². The Morgan fingerprint density at radius 1 is 1.44 bits per heavy atom. The van der Waals surface area contributed by atoms with Crippen LogP contribution >= 0.6 is 11.6 Å². The third kappa shape index (κ3) is 1.90. The summed E-state index contributed by atoms with van der Waals surface area (Å²) in [6, 6.07) is 0. The average molecular weight is 252 g/mol. The Morgan fingerprint density at radius 3 is 2.75 bits per heavy atom. The van der Waals surface area contributed by atoms with E-state index in [4.69, 9.17) is 11.6 Å². The number of halogens is 4. The van der Waals surface area contributed by atoms with Crippen molar-refractivity contribution in [2.24, 2.45) is 0 Å². The highest BCUT2D eigenvalue weighted by Gasteiger charge is 2.30. The highest BCUT2D eigenvalue weighted by atomic mass is 35.5. The summed E-state index contributed by atoms with van der Waals surface area (Å²) in [5.74, 6) is 0. The summed E-state index contributed by atoms with van der Waals surface area (Å²) in [6.45, 7) is -1.38. The molecule has 0 radical (unpaired) electrons. The fraction of sp³-hybridized carbons (Fsp3) is 0.250.